The van der Waals surface area contributed by atoms with Gasteiger partial charge in [0, 0.05) is 197 Å². The Kier molecular flexibility index (Phi) is 16.0. The van der Waals surface area contributed by atoms with Crippen molar-refractivity contribution < 1.29 is 26.5 Å². The number of hydrogen-bond donors (Lipinski definition) is 0. The van der Waals surface area contributed by atoms with Gasteiger partial charge in [0.15, 0.2) is 0 Å². The van der Waals surface area contributed by atoms with Crippen molar-refractivity contribution >= 4 is 292 Å². The van der Waals surface area contributed by atoms with Crippen LogP contribution in [0.15, 0.2) is 445 Å². The highest BCUT2D eigenvalue weighted by Crippen LogP contribution is 2.52. The average Bonchev–Trinajstić information content (AvgIpc) is 1.56. The zero-order chi connectivity index (χ0) is 89.8. The third-order valence-corrected chi connectivity index (χ3v) is 32.2. The first-order valence-corrected chi connectivity index (χ1v) is 49.0. The van der Waals surface area contributed by atoms with E-state index in [9.17, 15) is 0 Å². The number of nitrogens with zero attached hydrogens (tertiary/aromatic N) is 3. The van der Waals surface area contributed by atoms with E-state index in [0.717, 1.165) is 182 Å². The van der Waals surface area contributed by atoms with Crippen LogP contribution in [0.5, 0.6) is 0 Å². The van der Waals surface area contributed by atoms with Gasteiger partial charge in [-0.3, -0.25) is 0 Å². The highest BCUT2D eigenvalue weighted by molar-refractivity contribution is 7.26. The fourth-order valence-electron chi connectivity index (χ4n) is 22.9. The lowest BCUT2D eigenvalue weighted by molar-refractivity contribution is 0.669. The first kappa shape index (κ1) is 76.0. The fraction of sp³-hybridized carbons (Fsp3) is 0. The maximum Gasteiger partial charge on any atom is 0.143 e. The van der Waals surface area contributed by atoms with E-state index in [4.69, 9.17) is 26.5 Å². The molecule has 0 aliphatic rings. The molecule has 0 amide bonds. The molecule has 12 heteroatoms. The Labute approximate surface area is 794 Å². The Hall–Kier alpha value is -17.5. The molecule has 9 nitrogen and oxygen atoms in total. The quantitative estimate of drug-likeness (QED) is 0.165. The first-order chi connectivity index (χ1) is 68.4. The standard InChI is InChI=1S/3C42H23NO2S/c1-4-15-32-28(9-1)40-33(20-22-36-41(40)29-10-2-5-16-34(29)44-36)43(32)24-19-21-35-31(23-24)27-14-7-13-26(42(27)45-35)25-12-8-18-38-39(25)30-11-3-6-17-37(30)46-38;1-4-15-34-25(9-1)31-23-38-33(26-10-2-5-16-36(26)44-38)22-35(31)43(34)24-19-20-37-32(21-24)29-14-7-13-28(42(29)45-37)27-12-8-18-40-41(27)30-11-3-6-17-39(30)46-40;1-4-15-34-25(9-1)31-22-33-26-10-2-5-16-36(26)44-38(33)23-35(31)43(34)24-19-20-37-32(21-24)29-14-7-13-28(42(29)45-37)27-12-8-18-40-41(27)30-11-3-6-17-39(30)46-40/h3*1-23H. The lowest BCUT2D eigenvalue weighted by Gasteiger charge is -2.08. The Morgan fingerprint density at radius 3 is 0.906 bits per heavy atom. The van der Waals surface area contributed by atoms with Crippen molar-refractivity contribution in [1.29, 1.82) is 0 Å². The van der Waals surface area contributed by atoms with Crippen LogP contribution < -0.4 is 0 Å². The summed E-state index contributed by atoms with van der Waals surface area (Å²) in [6, 6.07) is 149. The molecule has 0 atom stereocenters. The van der Waals surface area contributed by atoms with Gasteiger partial charge < -0.3 is 40.2 Å². The fourth-order valence-corrected chi connectivity index (χ4v) is 26.3. The van der Waals surface area contributed by atoms with Gasteiger partial charge in [0.1, 0.15) is 67.0 Å². The number of aromatic nitrogens is 3. The summed E-state index contributed by atoms with van der Waals surface area (Å²) >= 11 is 5.54. The van der Waals surface area contributed by atoms with E-state index in [1.165, 1.54) is 126 Å². The van der Waals surface area contributed by atoms with Crippen LogP contribution in [0.3, 0.4) is 0 Å². The third kappa shape index (κ3) is 11.0. The minimum Gasteiger partial charge on any atom is -0.456 e. The SMILES string of the molecule is c1ccc2c(c1)oc1cc3c(cc12)c1ccccc1n3-c1ccc2oc3c(-c4cccc5sc6ccccc6c45)cccc3c2c1.c1ccc2c(c1)oc1cc3c4ccccc4n(-c4ccc5oc6c(-c7cccc8sc9ccccc9c78)cccc6c5c4)c3cc12.c1ccc2c(c1)oc1ccc3c(c4ccccc4n3-c3ccc4oc5c(-c6cccc7sc8ccccc8c67)cccc5c4c3)c12. The molecule has 642 valence electrons. The maximum absolute atomic E-state index is 6.70. The number of hydrogen-bond acceptors (Lipinski definition) is 9. The van der Waals surface area contributed by atoms with Gasteiger partial charge in [-0.25, -0.2) is 0 Å². The van der Waals surface area contributed by atoms with E-state index in [1.54, 1.807) is 0 Å². The molecule has 0 saturated heterocycles. The van der Waals surface area contributed by atoms with Crippen LogP contribution in [-0.2, 0) is 0 Å². The maximum atomic E-state index is 6.70. The second kappa shape index (κ2) is 29.0. The van der Waals surface area contributed by atoms with Crippen LogP contribution >= 0.6 is 34.0 Å². The molecule has 33 aromatic rings. The van der Waals surface area contributed by atoms with E-state index in [1.807, 2.05) is 70.4 Å². The second-order valence-corrected chi connectivity index (χ2v) is 39.4. The summed E-state index contributed by atoms with van der Waals surface area (Å²) in [4.78, 5) is 0. The Balaban J connectivity index is 0.0000000959. The summed E-state index contributed by atoms with van der Waals surface area (Å²) in [6.07, 6.45) is 0. The van der Waals surface area contributed by atoms with Crippen LogP contribution in [0.2, 0.25) is 0 Å². The molecule has 0 N–H and O–H groups in total. The third-order valence-electron chi connectivity index (χ3n) is 28.8. The molecule has 12 heterocycles. The molecule has 0 radical (unpaired) electrons. The minimum atomic E-state index is 0.883. The molecule has 0 saturated carbocycles. The van der Waals surface area contributed by atoms with E-state index in [2.05, 4.69) is 396 Å². The van der Waals surface area contributed by atoms with Crippen molar-refractivity contribution in [2.24, 2.45) is 0 Å². The molecule has 0 spiro atoms. The number of furan rings is 6. The molecule has 0 unspecified atom stereocenters. The van der Waals surface area contributed by atoms with Gasteiger partial charge in [0.05, 0.1) is 33.1 Å². The number of thiophene rings is 3. The largest absolute Gasteiger partial charge is 0.456 e. The zero-order valence-electron chi connectivity index (χ0n) is 73.4. The molecule has 33 rings (SSSR count). The van der Waals surface area contributed by atoms with Gasteiger partial charge in [0.25, 0.3) is 0 Å². The molecule has 138 heavy (non-hydrogen) atoms. The van der Waals surface area contributed by atoms with Gasteiger partial charge in [-0.05, 0) is 174 Å². The van der Waals surface area contributed by atoms with Crippen molar-refractivity contribution in [3.05, 3.63) is 419 Å². The van der Waals surface area contributed by atoms with Gasteiger partial charge in [-0.1, -0.05) is 255 Å². The van der Waals surface area contributed by atoms with Crippen LogP contribution in [0, 0.1) is 0 Å². The van der Waals surface area contributed by atoms with E-state index >= 15 is 0 Å². The number of rotatable bonds is 6. The normalized spacial score (nSPS) is 12.3. The first-order valence-electron chi connectivity index (χ1n) is 46.5. The molecule has 0 aliphatic heterocycles. The summed E-state index contributed by atoms with van der Waals surface area (Å²) in [5.41, 5.74) is 28.1. The summed E-state index contributed by atoms with van der Waals surface area (Å²) in [5.74, 6) is 0. The van der Waals surface area contributed by atoms with Gasteiger partial charge in [-0.15, -0.1) is 34.0 Å². The highest BCUT2D eigenvalue weighted by Gasteiger charge is 2.27. The predicted molar refractivity (Wildman–Crippen MR) is 581 cm³/mol. The summed E-state index contributed by atoms with van der Waals surface area (Å²) in [6.45, 7) is 0. The number of para-hydroxylation sites is 9. The Bertz CT molecular complexity index is 10900. The second-order valence-electron chi connectivity index (χ2n) is 36.1. The van der Waals surface area contributed by atoms with Crippen molar-refractivity contribution in [2.45, 2.75) is 0 Å². The molecular weight excluding hydrogens is 1750 g/mol. The van der Waals surface area contributed by atoms with Crippen LogP contribution in [0.25, 0.3) is 308 Å². The molecule has 0 aliphatic carbocycles. The smallest absolute Gasteiger partial charge is 0.143 e. The summed E-state index contributed by atoms with van der Waals surface area (Å²) < 4.78 is 53.9. The number of fused-ring (bicyclic) bond motifs is 37. The van der Waals surface area contributed by atoms with Gasteiger partial charge in [0.2, 0.25) is 0 Å². The van der Waals surface area contributed by atoms with Crippen molar-refractivity contribution in [3.8, 4) is 50.4 Å². The minimum absolute atomic E-state index is 0.883. The molecule has 0 bridgehead atoms. The van der Waals surface area contributed by atoms with E-state index in [-0.39, 0.29) is 0 Å². The van der Waals surface area contributed by atoms with Crippen molar-refractivity contribution in [3.63, 3.8) is 0 Å². The summed E-state index contributed by atoms with van der Waals surface area (Å²) in [7, 11) is 0. The Morgan fingerprint density at radius 1 is 0.138 bits per heavy atom. The lowest BCUT2D eigenvalue weighted by Crippen LogP contribution is -1.93. The van der Waals surface area contributed by atoms with E-state index in [0.29, 0.717) is 0 Å². The van der Waals surface area contributed by atoms with E-state index < -0.39 is 0 Å². The zero-order valence-corrected chi connectivity index (χ0v) is 75.8. The monoisotopic (exact) mass is 1820 g/mol. The van der Waals surface area contributed by atoms with Crippen LogP contribution in [-0.4, -0.2) is 13.7 Å². The van der Waals surface area contributed by atoms with Crippen molar-refractivity contribution in [2.75, 3.05) is 0 Å². The highest BCUT2D eigenvalue weighted by atomic mass is 32.1. The van der Waals surface area contributed by atoms with Gasteiger partial charge >= 0.3 is 0 Å². The molecule has 0 fully saturated rings. The molecule has 12 aromatic heterocycles. The topological polar surface area (TPSA) is 93.6 Å². The lowest BCUT2D eigenvalue weighted by atomic mass is 9.97. The summed E-state index contributed by atoms with van der Waals surface area (Å²) in [5, 5.41) is 28.5. The van der Waals surface area contributed by atoms with Gasteiger partial charge in [-0.2, -0.15) is 0 Å². The molecular formula is C126H69N3O6S3. The van der Waals surface area contributed by atoms with Crippen LogP contribution in [0.1, 0.15) is 0 Å². The Morgan fingerprint density at radius 2 is 0.442 bits per heavy atom. The number of benzene rings is 21. The molecule has 21 aromatic carbocycles. The van der Waals surface area contributed by atoms with Crippen LogP contribution in [0.4, 0.5) is 0 Å². The predicted octanol–water partition coefficient (Wildman–Crippen LogP) is 37.9. The van der Waals surface area contributed by atoms with Crippen molar-refractivity contribution in [1.82, 2.24) is 13.7 Å². The average molecular weight is 1820 g/mol.